The first-order valence-corrected chi connectivity index (χ1v) is 14.8. The van der Waals surface area contributed by atoms with Gasteiger partial charge >= 0.3 is 0 Å². The van der Waals surface area contributed by atoms with Crippen LogP contribution in [0, 0.1) is 11.7 Å². The quantitative estimate of drug-likeness (QED) is 0.178. The molecule has 1 aromatic carbocycles. The van der Waals surface area contributed by atoms with Crippen LogP contribution in [-0.4, -0.2) is 87.9 Å². The van der Waals surface area contributed by atoms with E-state index in [0.29, 0.717) is 18.9 Å². The van der Waals surface area contributed by atoms with E-state index in [-0.39, 0.29) is 17.8 Å². The number of carbonyl (C=O) groups excluding carboxylic acids is 1. The van der Waals surface area contributed by atoms with Crippen molar-refractivity contribution in [2.45, 2.75) is 92.9 Å². The van der Waals surface area contributed by atoms with Gasteiger partial charge in [0.05, 0.1) is 17.5 Å². The third kappa shape index (κ3) is 8.76. The molecule has 1 amide bonds. The van der Waals surface area contributed by atoms with Gasteiger partial charge in [0.25, 0.3) is 0 Å². The Hall–Kier alpha value is -0.980. The van der Waals surface area contributed by atoms with Crippen LogP contribution in [0.5, 0.6) is 0 Å². The minimum Gasteiger partial charge on any atom is -0.388 e. The molecule has 3 unspecified atom stereocenters. The Morgan fingerprint density at radius 1 is 1.19 bits per heavy atom. The maximum absolute atomic E-state index is 13.2. The number of aliphatic hydroxyl groups is 3. The van der Waals surface area contributed by atoms with Crippen molar-refractivity contribution in [2.75, 3.05) is 19.3 Å². The summed E-state index contributed by atoms with van der Waals surface area (Å²) in [4.78, 5) is 13.2. The van der Waals surface area contributed by atoms with Gasteiger partial charge in [0.1, 0.15) is 35.7 Å². The van der Waals surface area contributed by atoms with Crippen LogP contribution in [-0.2, 0) is 16.1 Å². The number of benzene rings is 1. The van der Waals surface area contributed by atoms with E-state index >= 15 is 0 Å². The van der Waals surface area contributed by atoms with Crippen molar-refractivity contribution in [1.29, 1.82) is 0 Å². The summed E-state index contributed by atoms with van der Waals surface area (Å²) in [5.74, 6) is 0.0764. The van der Waals surface area contributed by atoms with Crippen molar-refractivity contribution in [3.8, 4) is 0 Å². The lowest BCUT2D eigenvalue weighted by molar-refractivity contribution is -0.205. The molecule has 3 rings (SSSR count). The Bertz CT molecular complexity index is 837. The van der Waals surface area contributed by atoms with Gasteiger partial charge in [-0.15, -0.1) is 23.4 Å². The molecule has 0 aliphatic carbocycles. The van der Waals surface area contributed by atoms with Crippen molar-refractivity contribution in [2.24, 2.45) is 5.92 Å². The highest BCUT2D eigenvalue weighted by molar-refractivity contribution is 7.99. The highest BCUT2D eigenvalue weighted by atomic mass is 35.5. The van der Waals surface area contributed by atoms with Crippen molar-refractivity contribution >= 4 is 29.3 Å². The second-order valence-electron chi connectivity index (χ2n) is 10.1. The molecule has 2 heterocycles. The summed E-state index contributed by atoms with van der Waals surface area (Å²) in [7, 11) is 0. The highest BCUT2D eigenvalue weighted by Crippen LogP contribution is 2.30. The average molecular weight is 562 g/mol. The number of halogens is 2. The summed E-state index contributed by atoms with van der Waals surface area (Å²) >= 11 is 7.61. The SMILES string of the molecule is CSC1O[C@H]([C@H](NC(=O)[C@@H]2CC[C@H](CCCNCc3ccc(F)cc3)CCN2)[C@H](C)Cl)C(O)C(O)[C@H]1O. The minimum atomic E-state index is -1.40. The smallest absolute Gasteiger partial charge is 0.237 e. The van der Waals surface area contributed by atoms with Gasteiger partial charge in [-0.05, 0) is 82.0 Å². The molecule has 0 saturated carbocycles. The number of alkyl halides is 1. The molecule has 8 nitrogen and oxygen atoms in total. The third-order valence-electron chi connectivity index (χ3n) is 7.33. The number of hydrogen-bond acceptors (Lipinski definition) is 8. The third-order valence-corrected chi connectivity index (χ3v) is 8.45. The number of thioether (sulfide) groups is 1. The first kappa shape index (κ1) is 30.6. The predicted octanol–water partition coefficient (Wildman–Crippen LogP) is 1.74. The number of aliphatic hydroxyl groups excluding tert-OH is 3. The molecular weight excluding hydrogens is 521 g/mol. The second-order valence-corrected chi connectivity index (χ2v) is 11.7. The summed E-state index contributed by atoms with van der Waals surface area (Å²) in [5.41, 5.74) is 0.319. The van der Waals surface area contributed by atoms with Crippen LogP contribution in [0.25, 0.3) is 0 Å². The maximum Gasteiger partial charge on any atom is 0.237 e. The molecule has 0 bridgehead atoms. The monoisotopic (exact) mass is 561 g/mol. The molecule has 2 saturated heterocycles. The van der Waals surface area contributed by atoms with Gasteiger partial charge in [0.2, 0.25) is 5.91 Å². The molecule has 0 radical (unpaired) electrons. The summed E-state index contributed by atoms with van der Waals surface area (Å²) in [6.45, 7) is 4.02. The number of ether oxygens (including phenoxy) is 1. The average Bonchev–Trinajstić information content (AvgIpc) is 3.13. The van der Waals surface area contributed by atoms with Crippen LogP contribution in [0.2, 0.25) is 0 Å². The van der Waals surface area contributed by atoms with Gasteiger partial charge in [-0.1, -0.05) is 12.1 Å². The molecule has 210 valence electrons. The normalized spacial score (nSPS) is 32.4. The predicted molar refractivity (Wildman–Crippen MR) is 144 cm³/mol. The van der Waals surface area contributed by atoms with E-state index in [0.717, 1.165) is 44.3 Å². The number of amides is 1. The molecule has 0 aromatic heterocycles. The van der Waals surface area contributed by atoms with Crippen LogP contribution in [0.1, 0.15) is 44.6 Å². The fraction of sp³-hybridized carbons (Fsp3) is 0.731. The molecular formula is C26H41ClFN3O5S. The number of hydrogen-bond donors (Lipinski definition) is 6. The lowest BCUT2D eigenvalue weighted by atomic mass is 9.92. The van der Waals surface area contributed by atoms with Gasteiger partial charge in [-0.3, -0.25) is 4.79 Å². The highest BCUT2D eigenvalue weighted by Gasteiger charge is 2.48. The van der Waals surface area contributed by atoms with E-state index in [2.05, 4.69) is 16.0 Å². The molecule has 0 spiro atoms. The van der Waals surface area contributed by atoms with E-state index in [1.54, 1.807) is 25.3 Å². The zero-order chi connectivity index (χ0) is 26.9. The first-order chi connectivity index (χ1) is 17.7. The number of carbonyl (C=O) groups is 1. The molecule has 6 N–H and O–H groups in total. The van der Waals surface area contributed by atoms with Crippen LogP contribution in [0.3, 0.4) is 0 Å². The Kier molecular flexibility index (Phi) is 12.4. The molecule has 1 aromatic rings. The summed E-state index contributed by atoms with van der Waals surface area (Å²) < 4.78 is 18.9. The fourth-order valence-electron chi connectivity index (χ4n) is 5.06. The lowest BCUT2D eigenvalue weighted by Gasteiger charge is -2.44. The minimum absolute atomic E-state index is 0.212. The molecule has 2 fully saturated rings. The van der Waals surface area contributed by atoms with Crippen molar-refractivity contribution < 1.29 is 29.2 Å². The van der Waals surface area contributed by atoms with Crippen LogP contribution >= 0.6 is 23.4 Å². The van der Waals surface area contributed by atoms with Gasteiger partial charge < -0.3 is 36.0 Å². The Labute approximate surface area is 228 Å². The van der Waals surface area contributed by atoms with E-state index in [9.17, 15) is 24.5 Å². The zero-order valence-corrected chi connectivity index (χ0v) is 23.1. The molecule has 37 heavy (non-hydrogen) atoms. The number of rotatable bonds is 11. The zero-order valence-electron chi connectivity index (χ0n) is 21.5. The number of nitrogens with one attached hydrogen (secondary N) is 3. The second kappa shape index (κ2) is 15.0. The van der Waals surface area contributed by atoms with Crippen molar-refractivity contribution in [3.05, 3.63) is 35.6 Å². The van der Waals surface area contributed by atoms with Crippen molar-refractivity contribution in [1.82, 2.24) is 16.0 Å². The van der Waals surface area contributed by atoms with Crippen LogP contribution < -0.4 is 16.0 Å². The largest absolute Gasteiger partial charge is 0.388 e. The standard InChI is InChI=1S/C26H41ClFN3O5S/c1-15(27)20(24-22(33)21(32)23(34)26(36-24)37-2)31-25(35)19-10-7-16(11-13-30-19)4-3-12-29-14-17-5-8-18(28)9-6-17/h5-6,8-9,15-16,19-24,26,29-30,32-34H,3-4,7,10-14H2,1-2H3,(H,31,35)/t15-,16-,19-,20+,21?,22?,23+,24+,26?/m0/s1. The first-order valence-electron chi connectivity index (χ1n) is 13.1. The summed E-state index contributed by atoms with van der Waals surface area (Å²) in [5, 5.41) is 40.1. The topological polar surface area (TPSA) is 123 Å². The Morgan fingerprint density at radius 2 is 1.92 bits per heavy atom. The van der Waals surface area contributed by atoms with Crippen LogP contribution in [0.15, 0.2) is 24.3 Å². The molecule has 11 heteroatoms. The molecule has 2 aliphatic heterocycles. The van der Waals surface area contributed by atoms with Crippen LogP contribution in [0.4, 0.5) is 4.39 Å². The lowest BCUT2D eigenvalue weighted by Crippen LogP contribution is -2.65. The molecule has 2 aliphatic rings. The van der Waals surface area contributed by atoms with Gasteiger partial charge in [-0.25, -0.2) is 4.39 Å². The Balaban J connectivity index is 1.44. The van der Waals surface area contributed by atoms with Gasteiger partial charge in [0, 0.05) is 6.54 Å². The summed E-state index contributed by atoms with van der Waals surface area (Å²) in [6.07, 6.45) is 1.46. The van der Waals surface area contributed by atoms with Crippen molar-refractivity contribution in [3.63, 3.8) is 0 Å². The van der Waals surface area contributed by atoms with E-state index in [4.69, 9.17) is 16.3 Å². The van der Waals surface area contributed by atoms with Gasteiger partial charge in [0.15, 0.2) is 0 Å². The maximum atomic E-state index is 13.2. The fourth-order valence-corrected chi connectivity index (χ4v) is 5.95. The van der Waals surface area contributed by atoms with E-state index < -0.39 is 41.3 Å². The van der Waals surface area contributed by atoms with Gasteiger partial charge in [-0.2, -0.15) is 0 Å². The molecule has 9 atom stereocenters. The van der Waals surface area contributed by atoms with E-state index in [1.165, 1.54) is 23.9 Å². The van der Waals surface area contributed by atoms with E-state index in [1.807, 2.05) is 0 Å². The Morgan fingerprint density at radius 3 is 2.59 bits per heavy atom. The summed E-state index contributed by atoms with van der Waals surface area (Å²) in [6, 6.07) is 5.39.